The van der Waals surface area contributed by atoms with Crippen molar-refractivity contribution in [2.24, 2.45) is 5.92 Å². The summed E-state index contributed by atoms with van der Waals surface area (Å²) >= 11 is 2.04. The molecule has 94 valence electrons. The standard InChI is InChI=1S/C14H26OS/c1-11-3-5-12(6-4-11)15-13-7-9-14(16-2)10-8-13/h11-14H,3-10H2,1-2H3. The molecule has 0 atom stereocenters. The van der Waals surface area contributed by atoms with Crippen molar-refractivity contribution >= 4 is 11.8 Å². The van der Waals surface area contributed by atoms with Gasteiger partial charge in [0.1, 0.15) is 0 Å². The zero-order chi connectivity index (χ0) is 11.4. The van der Waals surface area contributed by atoms with Crippen LogP contribution in [-0.2, 0) is 4.74 Å². The Morgan fingerprint density at radius 1 is 0.812 bits per heavy atom. The quantitative estimate of drug-likeness (QED) is 0.731. The number of hydrogen-bond acceptors (Lipinski definition) is 2. The highest BCUT2D eigenvalue weighted by Gasteiger charge is 2.25. The SMILES string of the molecule is CSC1CCC(OC2CCC(C)CC2)CC1. The maximum absolute atomic E-state index is 6.26. The highest BCUT2D eigenvalue weighted by molar-refractivity contribution is 7.99. The summed E-state index contributed by atoms with van der Waals surface area (Å²) in [5.74, 6) is 0.937. The highest BCUT2D eigenvalue weighted by Crippen LogP contribution is 2.32. The molecule has 0 radical (unpaired) electrons. The third-order valence-electron chi connectivity index (χ3n) is 4.30. The minimum atomic E-state index is 0.585. The van der Waals surface area contributed by atoms with Crippen molar-refractivity contribution in [2.45, 2.75) is 75.7 Å². The molecule has 0 aliphatic heterocycles. The van der Waals surface area contributed by atoms with E-state index in [1.54, 1.807) is 0 Å². The lowest BCUT2D eigenvalue weighted by molar-refractivity contribution is -0.0493. The van der Waals surface area contributed by atoms with Gasteiger partial charge in [-0.15, -0.1) is 0 Å². The van der Waals surface area contributed by atoms with Crippen LogP contribution in [0.15, 0.2) is 0 Å². The maximum Gasteiger partial charge on any atom is 0.0579 e. The lowest BCUT2D eigenvalue weighted by atomic mass is 9.88. The Morgan fingerprint density at radius 3 is 1.81 bits per heavy atom. The molecule has 0 saturated heterocycles. The molecule has 2 aliphatic carbocycles. The van der Waals surface area contributed by atoms with Gasteiger partial charge in [-0.05, 0) is 63.5 Å². The molecule has 2 rings (SSSR count). The van der Waals surface area contributed by atoms with Crippen molar-refractivity contribution in [1.29, 1.82) is 0 Å². The van der Waals surface area contributed by atoms with Gasteiger partial charge in [0.2, 0.25) is 0 Å². The molecule has 0 heterocycles. The minimum Gasteiger partial charge on any atom is -0.375 e. The monoisotopic (exact) mass is 242 g/mol. The van der Waals surface area contributed by atoms with Gasteiger partial charge in [0, 0.05) is 5.25 Å². The molecule has 2 saturated carbocycles. The van der Waals surface area contributed by atoms with Gasteiger partial charge in [-0.1, -0.05) is 6.92 Å². The Morgan fingerprint density at radius 2 is 1.31 bits per heavy atom. The van der Waals surface area contributed by atoms with Gasteiger partial charge in [0.25, 0.3) is 0 Å². The molecular formula is C14H26OS. The highest BCUT2D eigenvalue weighted by atomic mass is 32.2. The fourth-order valence-corrected chi connectivity index (χ4v) is 3.79. The van der Waals surface area contributed by atoms with E-state index in [2.05, 4.69) is 13.2 Å². The molecule has 2 aliphatic rings. The van der Waals surface area contributed by atoms with Crippen LogP contribution in [0.3, 0.4) is 0 Å². The van der Waals surface area contributed by atoms with Crippen LogP contribution in [0, 0.1) is 5.92 Å². The van der Waals surface area contributed by atoms with Crippen LogP contribution in [0.5, 0.6) is 0 Å². The summed E-state index contributed by atoms with van der Waals surface area (Å²) in [4.78, 5) is 0. The van der Waals surface area contributed by atoms with Crippen molar-refractivity contribution in [3.8, 4) is 0 Å². The van der Waals surface area contributed by atoms with E-state index in [1.807, 2.05) is 11.8 Å². The average Bonchev–Trinajstić information content (AvgIpc) is 2.33. The van der Waals surface area contributed by atoms with Gasteiger partial charge in [0.15, 0.2) is 0 Å². The van der Waals surface area contributed by atoms with Gasteiger partial charge in [-0.25, -0.2) is 0 Å². The third kappa shape index (κ3) is 3.66. The van der Waals surface area contributed by atoms with Crippen molar-refractivity contribution in [3.05, 3.63) is 0 Å². The van der Waals surface area contributed by atoms with Gasteiger partial charge in [0.05, 0.1) is 12.2 Å². The van der Waals surface area contributed by atoms with Crippen molar-refractivity contribution in [2.75, 3.05) is 6.26 Å². The van der Waals surface area contributed by atoms with Crippen molar-refractivity contribution in [3.63, 3.8) is 0 Å². The first-order chi connectivity index (χ1) is 7.78. The van der Waals surface area contributed by atoms with Crippen LogP contribution >= 0.6 is 11.8 Å². The number of ether oxygens (including phenoxy) is 1. The largest absolute Gasteiger partial charge is 0.375 e. The average molecular weight is 242 g/mol. The number of hydrogen-bond donors (Lipinski definition) is 0. The first-order valence-corrected chi connectivity index (χ1v) is 8.25. The summed E-state index contributed by atoms with van der Waals surface area (Å²) in [6.07, 6.45) is 14.1. The van der Waals surface area contributed by atoms with E-state index >= 15 is 0 Å². The molecule has 2 fully saturated rings. The molecule has 0 aromatic rings. The van der Waals surface area contributed by atoms with Crippen LogP contribution < -0.4 is 0 Å². The van der Waals surface area contributed by atoms with Crippen LogP contribution in [-0.4, -0.2) is 23.7 Å². The summed E-state index contributed by atoms with van der Waals surface area (Å²) in [6, 6.07) is 0. The van der Waals surface area contributed by atoms with E-state index in [9.17, 15) is 0 Å². The van der Waals surface area contributed by atoms with Crippen LogP contribution in [0.2, 0.25) is 0 Å². The smallest absolute Gasteiger partial charge is 0.0579 e. The summed E-state index contributed by atoms with van der Waals surface area (Å²) in [5, 5.41) is 0.909. The lowest BCUT2D eigenvalue weighted by Crippen LogP contribution is -2.29. The van der Waals surface area contributed by atoms with Gasteiger partial charge in [-0.2, -0.15) is 11.8 Å². The van der Waals surface area contributed by atoms with Crippen molar-refractivity contribution < 1.29 is 4.74 Å². The minimum absolute atomic E-state index is 0.585. The summed E-state index contributed by atoms with van der Waals surface area (Å²) < 4.78 is 6.26. The van der Waals surface area contributed by atoms with E-state index < -0.39 is 0 Å². The lowest BCUT2D eigenvalue weighted by Gasteiger charge is -2.33. The zero-order valence-corrected chi connectivity index (χ0v) is 11.6. The maximum atomic E-state index is 6.26. The summed E-state index contributed by atoms with van der Waals surface area (Å²) in [5.41, 5.74) is 0. The van der Waals surface area contributed by atoms with Crippen LogP contribution in [0.1, 0.15) is 58.3 Å². The van der Waals surface area contributed by atoms with E-state index in [1.165, 1.54) is 51.4 Å². The molecule has 16 heavy (non-hydrogen) atoms. The molecule has 0 aromatic heterocycles. The molecule has 0 unspecified atom stereocenters. The van der Waals surface area contributed by atoms with E-state index in [-0.39, 0.29) is 0 Å². The van der Waals surface area contributed by atoms with Gasteiger partial charge in [-0.3, -0.25) is 0 Å². The fraction of sp³-hybridized carbons (Fsp3) is 1.00. The van der Waals surface area contributed by atoms with E-state index in [0.29, 0.717) is 12.2 Å². The molecule has 0 bridgehead atoms. The Labute approximate surface area is 105 Å². The second-order valence-electron chi connectivity index (χ2n) is 5.65. The van der Waals surface area contributed by atoms with Crippen molar-refractivity contribution in [1.82, 2.24) is 0 Å². The second kappa shape index (κ2) is 6.30. The predicted molar refractivity (Wildman–Crippen MR) is 72.1 cm³/mol. The Balaban J connectivity index is 1.66. The first kappa shape index (κ1) is 12.8. The van der Waals surface area contributed by atoms with Crippen LogP contribution in [0.25, 0.3) is 0 Å². The van der Waals surface area contributed by atoms with Gasteiger partial charge >= 0.3 is 0 Å². The molecule has 0 N–H and O–H groups in total. The second-order valence-corrected chi connectivity index (χ2v) is 6.79. The Hall–Kier alpha value is 0.310. The Kier molecular flexibility index (Phi) is 5.02. The van der Waals surface area contributed by atoms with E-state index in [0.717, 1.165) is 11.2 Å². The number of thioether (sulfide) groups is 1. The number of rotatable bonds is 3. The molecule has 2 heteroatoms. The zero-order valence-electron chi connectivity index (χ0n) is 10.8. The van der Waals surface area contributed by atoms with Gasteiger partial charge < -0.3 is 4.74 Å². The fourth-order valence-electron chi connectivity index (χ4n) is 3.04. The molecule has 0 amide bonds. The molecular weight excluding hydrogens is 216 g/mol. The summed E-state index contributed by atoms with van der Waals surface area (Å²) in [7, 11) is 0. The molecule has 0 spiro atoms. The Bertz CT molecular complexity index is 191. The first-order valence-electron chi connectivity index (χ1n) is 6.96. The predicted octanol–water partition coefficient (Wildman–Crippen LogP) is 4.26. The molecule has 0 aromatic carbocycles. The van der Waals surface area contributed by atoms with E-state index in [4.69, 9.17) is 4.74 Å². The van der Waals surface area contributed by atoms with Crippen LogP contribution in [0.4, 0.5) is 0 Å². The normalized spacial score (nSPS) is 40.9. The molecule has 1 nitrogen and oxygen atoms in total. The third-order valence-corrected chi connectivity index (χ3v) is 5.44. The topological polar surface area (TPSA) is 9.23 Å². The summed E-state index contributed by atoms with van der Waals surface area (Å²) in [6.45, 7) is 2.37.